The van der Waals surface area contributed by atoms with Crippen molar-refractivity contribution in [3.05, 3.63) is 50.6 Å². The minimum Gasteiger partial charge on any atom is -0.313 e. The molecule has 1 nitrogen and oxygen atoms in total. The van der Waals surface area contributed by atoms with E-state index in [9.17, 15) is 0 Å². The van der Waals surface area contributed by atoms with Gasteiger partial charge in [-0.2, -0.15) is 0 Å². The molecule has 2 aromatic rings. The minimum absolute atomic E-state index is 0.549. The van der Waals surface area contributed by atoms with Gasteiger partial charge in [0.1, 0.15) is 0 Å². The number of thioether (sulfide) groups is 1. The third-order valence-corrected chi connectivity index (χ3v) is 6.99. The van der Waals surface area contributed by atoms with E-state index in [1.54, 1.807) is 0 Å². The molecule has 1 aromatic carbocycles. The number of fused-ring (bicyclic) bond motifs is 1. The molecule has 1 aliphatic heterocycles. The van der Waals surface area contributed by atoms with Gasteiger partial charge in [-0.3, -0.25) is 0 Å². The van der Waals surface area contributed by atoms with Gasteiger partial charge in [0.05, 0.1) is 0 Å². The maximum Gasteiger partial charge on any atom is 0.0292 e. The topological polar surface area (TPSA) is 12.0 Å². The molecule has 0 fully saturated rings. The normalized spacial score (nSPS) is 18.7. The Balaban J connectivity index is 1.71. The van der Waals surface area contributed by atoms with Gasteiger partial charge in [-0.1, -0.05) is 25.1 Å². The SMILES string of the molecule is CCCNC(Cc1cc(Br)cs1)C1Cc2ccccc2S1. The fraction of sp³-hybridized carbons (Fsp3) is 0.412. The Labute approximate surface area is 143 Å². The molecule has 1 aliphatic rings. The zero-order valence-electron chi connectivity index (χ0n) is 12.1. The minimum atomic E-state index is 0.549. The molecule has 1 aromatic heterocycles. The first-order chi connectivity index (χ1) is 10.3. The average molecular weight is 382 g/mol. The van der Waals surface area contributed by atoms with Crippen LogP contribution in [-0.2, 0) is 12.8 Å². The van der Waals surface area contributed by atoms with Gasteiger partial charge in [0.25, 0.3) is 0 Å². The van der Waals surface area contributed by atoms with E-state index in [1.165, 1.54) is 32.7 Å². The molecular weight excluding hydrogens is 362 g/mol. The smallest absolute Gasteiger partial charge is 0.0292 e. The highest BCUT2D eigenvalue weighted by molar-refractivity contribution is 9.10. The molecule has 4 heteroatoms. The van der Waals surface area contributed by atoms with Crippen molar-refractivity contribution >= 4 is 39.0 Å². The van der Waals surface area contributed by atoms with Crippen LogP contribution >= 0.6 is 39.0 Å². The molecular formula is C17H20BrNS2. The summed E-state index contributed by atoms with van der Waals surface area (Å²) in [5.41, 5.74) is 1.52. The molecule has 0 amide bonds. The van der Waals surface area contributed by atoms with Crippen molar-refractivity contribution in [2.24, 2.45) is 0 Å². The predicted molar refractivity (Wildman–Crippen MR) is 97.6 cm³/mol. The summed E-state index contributed by atoms with van der Waals surface area (Å²) in [5, 5.41) is 6.61. The maximum absolute atomic E-state index is 3.77. The van der Waals surface area contributed by atoms with Crippen LogP contribution in [0.3, 0.4) is 0 Å². The van der Waals surface area contributed by atoms with E-state index in [-0.39, 0.29) is 0 Å². The first-order valence-electron chi connectivity index (χ1n) is 7.47. The van der Waals surface area contributed by atoms with Crippen molar-refractivity contribution < 1.29 is 0 Å². The summed E-state index contributed by atoms with van der Waals surface area (Å²) in [4.78, 5) is 2.94. The van der Waals surface area contributed by atoms with E-state index >= 15 is 0 Å². The third-order valence-electron chi connectivity index (χ3n) is 3.82. The lowest BCUT2D eigenvalue weighted by Crippen LogP contribution is -2.40. The fourth-order valence-corrected chi connectivity index (χ4v) is 5.69. The Morgan fingerprint density at radius 3 is 2.95 bits per heavy atom. The zero-order valence-corrected chi connectivity index (χ0v) is 15.4. The number of benzene rings is 1. The summed E-state index contributed by atoms with van der Waals surface area (Å²) >= 11 is 7.48. The zero-order chi connectivity index (χ0) is 14.7. The van der Waals surface area contributed by atoms with E-state index in [2.05, 4.69) is 75.6 Å². The summed E-state index contributed by atoms with van der Waals surface area (Å²) in [6.07, 6.45) is 3.51. The average Bonchev–Trinajstić information content (AvgIpc) is 3.09. The van der Waals surface area contributed by atoms with Gasteiger partial charge in [-0.25, -0.2) is 0 Å². The van der Waals surface area contributed by atoms with Crippen molar-refractivity contribution in [3.63, 3.8) is 0 Å². The lowest BCUT2D eigenvalue weighted by molar-refractivity contribution is 0.493. The van der Waals surface area contributed by atoms with Crippen molar-refractivity contribution in [1.29, 1.82) is 0 Å². The lowest BCUT2D eigenvalue weighted by atomic mass is 10.0. The highest BCUT2D eigenvalue weighted by Crippen LogP contribution is 2.39. The molecule has 0 spiro atoms. The van der Waals surface area contributed by atoms with Crippen LogP contribution < -0.4 is 5.32 Å². The van der Waals surface area contributed by atoms with E-state index in [4.69, 9.17) is 0 Å². The van der Waals surface area contributed by atoms with E-state index in [0.717, 1.165) is 13.0 Å². The Bertz CT molecular complexity index is 571. The summed E-state index contributed by atoms with van der Waals surface area (Å²) < 4.78 is 1.21. The van der Waals surface area contributed by atoms with Gasteiger partial charge in [0.15, 0.2) is 0 Å². The Kier molecular flexibility index (Phi) is 5.43. The first-order valence-corrected chi connectivity index (χ1v) is 10.0. The highest BCUT2D eigenvalue weighted by Gasteiger charge is 2.29. The Morgan fingerprint density at radius 2 is 2.24 bits per heavy atom. The van der Waals surface area contributed by atoms with Crippen LogP contribution in [0.15, 0.2) is 45.1 Å². The quantitative estimate of drug-likeness (QED) is 0.743. The molecule has 3 rings (SSSR count). The van der Waals surface area contributed by atoms with Crippen LogP contribution in [0.1, 0.15) is 23.8 Å². The van der Waals surface area contributed by atoms with Crippen molar-refractivity contribution in [1.82, 2.24) is 5.32 Å². The Morgan fingerprint density at radius 1 is 1.38 bits per heavy atom. The summed E-state index contributed by atoms with van der Waals surface area (Å²) in [6.45, 7) is 3.34. The van der Waals surface area contributed by atoms with Crippen molar-refractivity contribution in [2.75, 3.05) is 6.54 Å². The van der Waals surface area contributed by atoms with Crippen molar-refractivity contribution in [3.8, 4) is 0 Å². The molecule has 2 unspecified atom stereocenters. The second-order valence-electron chi connectivity index (χ2n) is 5.46. The van der Waals surface area contributed by atoms with Crippen LogP contribution in [0.4, 0.5) is 0 Å². The highest BCUT2D eigenvalue weighted by atomic mass is 79.9. The Hall–Kier alpha value is -0.290. The monoisotopic (exact) mass is 381 g/mol. The van der Waals surface area contributed by atoms with Gasteiger partial charge in [0.2, 0.25) is 0 Å². The second kappa shape index (κ2) is 7.32. The van der Waals surface area contributed by atoms with Crippen LogP contribution in [-0.4, -0.2) is 17.8 Å². The van der Waals surface area contributed by atoms with Gasteiger partial charge in [-0.15, -0.1) is 23.1 Å². The molecule has 0 bridgehead atoms. The molecule has 0 aliphatic carbocycles. The molecule has 112 valence electrons. The van der Waals surface area contributed by atoms with E-state index in [0.29, 0.717) is 11.3 Å². The first kappa shape index (κ1) is 15.6. The number of nitrogens with one attached hydrogen (secondary N) is 1. The fourth-order valence-electron chi connectivity index (χ4n) is 2.78. The number of halogens is 1. The van der Waals surface area contributed by atoms with Gasteiger partial charge in [0, 0.05) is 30.9 Å². The van der Waals surface area contributed by atoms with Gasteiger partial charge < -0.3 is 5.32 Å². The number of hydrogen-bond donors (Lipinski definition) is 1. The third kappa shape index (κ3) is 3.92. The number of rotatable bonds is 6. The van der Waals surface area contributed by atoms with Crippen LogP contribution in [0, 0.1) is 0 Å². The molecule has 1 N–H and O–H groups in total. The summed E-state index contributed by atoms with van der Waals surface area (Å²) in [6, 6.07) is 11.7. The molecule has 2 heterocycles. The second-order valence-corrected chi connectivity index (χ2v) is 8.66. The van der Waals surface area contributed by atoms with Crippen molar-refractivity contribution in [2.45, 2.75) is 42.4 Å². The van der Waals surface area contributed by atoms with Gasteiger partial charge >= 0.3 is 0 Å². The summed E-state index contributed by atoms with van der Waals surface area (Å²) in [5.74, 6) is 0. The standard InChI is InChI=1S/C17H20BrNS2/c1-2-7-19-15(10-14-9-13(18)11-20-14)17-8-12-5-3-4-6-16(12)21-17/h3-6,9,11,15,17,19H,2,7-8,10H2,1H3. The number of hydrogen-bond acceptors (Lipinski definition) is 3. The van der Waals surface area contributed by atoms with Crippen LogP contribution in [0.5, 0.6) is 0 Å². The van der Waals surface area contributed by atoms with E-state index in [1.807, 2.05) is 11.3 Å². The lowest BCUT2D eigenvalue weighted by Gasteiger charge is -2.23. The predicted octanol–water partition coefficient (Wildman–Crippen LogP) is 5.14. The molecule has 0 saturated heterocycles. The summed E-state index contributed by atoms with van der Waals surface area (Å²) in [7, 11) is 0. The molecule has 2 atom stereocenters. The number of thiophene rings is 1. The van der Waals surface area contributed by atoms with Crippen LogP contribution in [0.2, 0.25) is 0 Å². The maximum atomic E-state index is 3.77. The molecule has 21 heavy (non-hydrogen) atoms. The van der Waals surface area contributed by atoms with Gasteiger partial charge in [-0.05, 0) is 59.4 Å². The van der Waals surface area contributed by atoms with Crippen LogP contribution in [0.25, 0.3) is 0 Å². The molecule has 0 saturated carbocycles. The largest absolute Gasteiger partial charge is 0.313 e. The molecule has 0 radical (unpaired) electrons. The van der Waals surface area contributed by atoms with E-state index < -0.39 is 0 Å².